The maximum absolute atomic E-state index is 12.3. The first-order valence-electron chi connectivity index (χ1n) is 12.4. The van der Waals surface area contributed by atoms with Crippen LogP contribution in [-0.2, 0) is 11.3 Å². The van der Waals surface area contributed by atoms with E-state index in [1.54, 1.807) is 0 Å². The lowest BCUT2D eigenvalue weighted by Crippen LogP contribution is -2.43. The fourth-order valence-corrected chi connectivity index (χ4v) is 5.15. The molecule has 0 spiro atoms. The van der Waals surface area contributed by atoms with Gasteiger partial charge in [0.25, 0.3) is 0 Å². The first kappa shape index (κ1) is 21.9. The van der Waals surface area contributed by atoms with E-state index in [0.717, 1.165) is 75.0 Å². The molecular weight excluding hydrogens is 412 g/mol. The third kappa shape index (κ3) is 5.36. The number of piperidine rings is 1. The molecule has 3 aromatic rings. The smallest absolute Gasteiger partial charge is 0.227 e. The van der Waals surface area contributed by atoms with Gasteiger partial charge in [0.1, 0.15) is 5.52 Å². The van der Waals surface area contributed by atoms with Crippen molar-refractivity contribution in [3.8, 4) is 0 Å². The molecule has 0 atom stereocenters. The van der Waals surface area contributed by atoms with Crippen molar-refractivity contribution in [1.29, 1.82) is 0 Å². The average molecular weight is 447 g/mol. The van der Waals surface area contributed by atoms with Crippen molar-refractivity contribution in [2.45, 2.75) is 57.5 Å². The highest BCUT2D eigenvalue weighted by molar-refractivity contribution is 5.92. The summed E-state index contributed by atoms with van der Waals surface area (Å²) in [4.78, 5) is 14.8. The first-order chi connectivity index (χ1) is 16.3. The number of nitrogens with one attached hydrogen (secondary N) is 2. The molecule has 0 radical (unpaired) electrons. The van der Waals surface area contributed by atoms with Gasteiger partial charge in [0.05, 0.1) is 5.52 Å². The summed E-state index contributed by atoms with van der Waals surface area (Å²) < 4.78 is 2.00. The Morgan fingerprint density at radius 2 is 1.73 bits per heavy atom. The molecule has 2 N–H and O–H groups in total. The Hall–Kier alpha value is -2.93. The Bertz CT molecular complexity index is 1050. The van der Waals surface area contributed by atoms with Gasteiger partial charge in [-0.3, -0.25) is 4.79 Å². The maximum Gasteiger partial charge on any atom is 0.227 e. The van der Waals surface area contributed by atoms with Gasteiger partial charge in [0, 0.05) is 43.0 Å². The van der Waals surface area contributed by atoms with E-state index in [1.165, 1.54) is 18.5 Å². The molecule has 2 heterocycles. The molecule has 1 aliphatic carbocycles. The SMILES string of the molecule is O=C(Nc1ccc(N2CCC(NCCCn3nnc4ccccc43)CC2)cc1)C1CCCC1. The minimum Gasteiger partial charge on any atom is -0.371 e. The van der Waals surface area contributed by atoms with Crippen molar-refractivity contribution >= 4 is 28.3 Å². The van der Waals surface area contributed by atoms with Crippen LogP contribution in [-0.4, -0.2) is 46.6 Å². The number of carbonyl (C=O) groups excluding carboxylic acids is 1. The molecule has 0 bridgehead atoms. The third-order valence-electron chi connectivity index (χ3n) is 7.12. The number of aromatic nitrogens is 3. The molecule has 174 valence electrons. The number of fused-ring (bicyclic) bond motifs is 1. The van der Waals surface area contributed by atoms with Crippen molar-refractivity contribution in [2.24, 2.45) is 5.92 Å². The fourth-order valence-electron chi connectivity index (χ4n) is 5.15. The molecule has 1 saturated heterocycles. The summed E-state index contributed by atoms with van der Waals surface area (Å²) in [5, 5.41) is 15.3. The Kier molecular flexibility index (Phi) is 6.86. The van der Waals surface area contributed by atoms with Crippen LogP contribution < -0.4 is 15.5 Å². The van der Waals surface area contributed by atoms with Crippen LogP contribution in [0.5, 0.6) is 0 Å². The van der Waals surface area contributed by atoms with Gasteiger partial charge < -0.3 is 15.5 Å². The lowest BCUT2D eigenvalue weighted by Gasteiger charge is -2.34. The second-order valence-corrected chi connectivity index (χ2v) is 9.39. The van der Waals surface area contributed by atoms with Gasteiger partial charge in [0.15, 0.2) is 0 Å². The quantitative estimate of drug-likeness (QED) is 0.507. The van der Waals surface area contributed by atoms with E-state index in [-0.39, 0.29) is 11.8 Å². The molecule has 2 aromatic carbocycles. The van der Waals surface area contributed by atoms with Gasteiger partial charge in [-0.25, -0.2) is 4.68 Å². The van der Waals surface area contributed by atoms with E-state index in [2.05, 4.69) is 44.0 Å². The second-order valence-electron chi connectivity index (χ2n) is 9.39. The lowest BCUT2D eigenvalue weighted by molar-refractivity contribution is -0.119. The summed E-state index contributed by atoms with van der Waals surface area (Å²) in [5.74, 6) is 0.385. The van der Waals surface area contributed by atoms with Crippen LogP contribution in [0.3, 0.4) is 0 Å². The summed E-state index contributed by atoms with van der Waals surface area (Å²) in [6.07, 6.45) is 7.76. The molecule has 1 aromatic heterocycles. The van der Waals surface area contributed by atoms with E-state index >= 15 is 0 Å². The van der Waals surface area contributed by atoms with Crippen LogP contribution in [0, 0.1) is 5.92 Å². The monoisotopic (exact) mass is 446 g/mol. The molecule has 5 rings (SSSR count). The molecule has 2 fully saturated rings. The number of para-hydroxylation sites is 1. The number of anilines is 2. The molecule has 33 heavy (non-hydrogen) atoms. The summed E-state index contributed by atoms with van der Waals surface area (Å²) >= 11 is 0. The number of hydrogen-bond acceptors (Lipinski definition) is 5. The number of hydrogen-bond donors (Lipinski definition) is 2. The van der Waals surface area contributed by atoms with Crippen molar-refractivity contribution in [2.75, 3.05) is 29.9 Å². The Balaban J connectivity index is 1.03. The zero-order valence-electron chi connectivity index (χ0n) is 19.2. The predicted octanol–water partition coefficient (Wildman–Crippen LogP) is 4.21. The van der Waals surface area contributed by atoms with E-state index < -0.39 is 0 Å². The van der Waals surface area contributed by atoms with Gasteiger partial charge >= 0.3 is 0 Å². The van der Waals surface area contributed by atoms with E-state index in [0.29, 0.717) is 6.04 Å². The predicted molar refractivity (Wildman–Crippen MR) is 132 cm³/mol. The van der Waals surface area contributed by atoms with Gasteiger partial charge in [-0.15, -0.1) is 5.10 Å². The van der Waals surface area contributed by atoms with Crippen LogP contribution in [0.4, 0.5) is 11.4 Å². The van der Waals surface area contributed by atoms with Crippen molar-refractivity contribution in [3.63, 3.8) is 0 Å². The van der Waals surface area contributed by atoms with Gasteiger partial charge in [-0.1, -0.05) is 30.2 Å². The Morgan fingerprint density at radius 3 is 2.52 bits per heavy atom. The maximum atomic E-state index is 12.3. The number of nitrogens with zero attached hydrogens (tertiary/aromatic N) is 4. The number of rotatable bonds is 8. The van der Waals surface area contributed by atoms with Crippen molar-refractivity contribution in [1.82, 2.24) is 20.3 Å². The highest BCUT2D eigenvalue weighted by Crippen LogP contribution is 2.27. The van der Waals surface area contributed by atoms with E-state index in [4.69, 9.17) is 0 Å². The normalized spacial score (nSPS) is 17.6. The molecule has 1 saturated carbocycles. The second kappa shape index (κ2) is 10.3. The van der Waals surface area contributed by atoms with Gasteiger partial charge in [-0.2, -0.15) is 0 Å². The summed E-state index contributed by atoms with van der Waals surface area (Å²) in [7, 11) is 0. The first-order valence-corrected chi connectivity index (χ1v) is 12.4. The summed E-state index contributed by atoms with van der Waals surface area (Å²) in [6, 6.07) is 17.0. The number of carbonyl (C=O) groups is 1. The number of amides is 1. The number of aryl methyl sites for hydroxylation is 1. The molecular formula is C26H34N6O. The largest absolute Gasteiger partial charge is 0.371 e. The summed E-state index contributed by atoms with van der Waals surface area (Å²) in [5.41, 5.74) is 4.22. The zero-order valence-corrected chi connectivity index (χ0v) is 19.2. The Morgan fingerprint density at radius 1 is 0.970 bits per heavy atom. The summed E-state index contributed by atoms with van der Waals surface area (Å²) in [6.45, 7) is 3.99. The molecule has 1 aliphatic heterocycles. The van der Waals surface area contributed by atoms with Crippen molar-refractivity contribution in [3.05, 3.63) is 48.5 Å². The fraction of sp³-hybridized carbons (Fsp3) is 0.500. The van der Waals surface area contributed by atoms with E-state index in [1.807, 2.05) is 35.0 Å². The molecule has 2 aliphatic rings. The van der Waals surface area contributed by atoms with E-state index in [9.17, 15) is 4.79 Å². The van der Waals surface area contributed by atoms with Gasteiger partial charge in [-0.05, 0) is 75.0 Å². The minimum absolute atomic E-state index is 0.184. The lowest BCUT2D eigenvalue weighted by atomic mass is 10.0. The van der Waals surface area contributed by atoms with Crippen LogP contribution in [0.15, 0.2) is 48.5 Å². The van der Waals surface area contributed by atoms with Crippen LogP contribution in [0.1, 0.15) is 44.9 Å². The topological polar surface area (TPSA) is 75.1 Å². The molecule has 1 amide bonds. The highest BCUT2D eigenvalue weighted by atomic mass is 16.1. The van der Waals surface area contributed by atoms with Crippen LogP contribution in [0.25, 0.3) is 11.0 Å². The molecule has 7 nitrogen and oxygen atoms in total. The third-order valence-corrected chi connectivity index (χ3v) is 7.12. The molecule has 0 unspecified atom stereocenters. The standard InChI is InChI=1S/C26H34N6O/c33-26(20-6-1-2-7-20)28-22-10-12-23(13-11-22)31-18-14-21(15-19-31)27-16-5-17-32-25-9-4-3-8-24(25)29-30-32/h3-4,8-13,20-21,27H,1-2,5-7,14-19H2,(H,28,33). The Labute approximate surface area is 195 Å². The highest BCUT2D eigenvalue weighted by Gasteiger charge is 2.23. The zero-order chi connectivity index (χ0) is 22.5. The number of benzene rings is 2. The van der Waals surface area contributed by atoms with Crippen LogP contribution >= 0.6 is 0 Å². The minimum atomic E-state index is 0.184. The molecule has 7 heteroatoms. The van der Waals surface area contributed by atoms with Gasteiger partial charge in [0.2, 0.25) is 5.91 Å². The van der Waals surface area contributed by atoms with Crippen LogP contribution in [0.2, 0.25) is 0 Å². The van der Waals surface area contributed by atoms with Crippen molar-refractivity contribution < 1.29 is 4.79 Å². The average Bonchev–Trinajstić information content (AvgIpc) is 3.54.